The molecular weight excluding hydrogens is 164 g/mol. The minimum absolute atomic E-state index is 0.308. The Hall–Kier alpha value is -0.120. The van der Waals surface area contributed by atoms with Gasteiger partial charge in [-0.1, -0.05) is 6.92 Å². The minimum Gasteiger partial charge on any atom is -0.396 e. The van der Waals surface area contributed by atoms with E-state index in [1.54, 1.807) is 0 Å². The summed E-state index contributed by atoms with van der Waals surface area (Å²) in [7, 11) is 4.19. The molecular formula is C10H24N2O. The van der Waals surface area contributed by atoms with Crippen molar-refractivity contribution < 1.29 is 5.11 Å². The third-order valence-electron chi connectivity index (χ3n) is 2.04. The molecule has 0 aromatic carbocycles. The Morgan fingerprint density at radius 2 is 1.69 bits per heavy atom. The van der Waals surface area contributed by atoms with E-state index < -0.39 is 0 Å². The number of aliphatic hydroxyl groups is 1. The van der Waals surface area contributed by atoms with Crippen LogP contribution in [0.1, 0.15) is 19.8 Å². The molecule has 0 spiro atoms. The zero-order chi connectivity index (χ0) is 10.1. The van der Waals surface area contributed by atoms with Crippen LogP contribution in [0.3, 0.4) is 0 Å². The molecule has 0 saturated carbocycles. The Labute approximate surface area is 82.3 Å². The number of hydrogen-bond acceptors (Lipinski definition) is 3. The van der Waals surface area contributed by atoms with Gasteiger partial charge in [0.15, 0.2) is 0 Å². The fraction of sp³-hybridized carbons (Fsp3) is 1.00. The number of hydrogen-bond donors (Lipinski definition) is 1. The Bertz CT molecular complexity index is 107. The maximum atomic E-state index is 8.72. The summed E-state index contributed by atoms with van der Waals surface area (Å²) in [6.45, 7) is 6.89. The Morgan fingerprint density at radius 3 is 2.15 bits per heavy atom. The Kier molecular flexibility index (Phi) is 8.40. The van der Waals surface area contributed by atoms with Crippen molar-refractivity contribution in [2.45, 2.75) is 19.8 Å². The predicted molar refractivity (Wildman–Crippen MR) is 57.0 cm³/mol. The molecule has 0 radical (unpaired) electrons. The number of rotatable bonds is 8. The van der Waals surface area contributed by atoms with Crippen LogP contribution in [0.5, 0.6) is 0 Å². The minimum atomic E-state index is 0.308. The second-order valence-electron chi connectivity index (χ2n) is 3.72. The number of nitrogens with zero attached hydrogens (tertiary/aromatic N) is 2. The normalized spacial score (nSPS) is 11.5. The van der Waals surface area contributed by atoms with E-state index >= 15 is 0 Å². The summed E-state index contributed by atoms with van der Waals surface area (Å²) in [6, 6.07) is 0. The molecule has 0 saturated heterocycles. The topological polar surface area (TPSA) is 26.7 Å². The van der Waals surface area contributed by atoms with Gasteiger partial charge in [0.25, 0.3) is 0 Å². The van der Waals surface area contributed by atoms with Crippen LogP contribution < -0.4 is 0 Å². The van der Waals surface area contributed by atoms with Crippen LogP contribution in [0.4, 0.5) is 0 Å². The lowest BCUT2D eigenvalue weighted by atomic mass is 10.3. The highest BCUT2D eigenvalue weighted by Crippen LogP contribution is 1.94. The average Bonchev–Trinajstić information content (AvgIpc) is 2.09. The van der Waals surface area contributed by atoms with Crippen LogP contribution in [-0.4, -0.2) is 61.8 Å². The number of likely N-dealkylation sites (N-methyl/N-ethyl adjacent to an activating group) is 1. The lowest BCUT2D eigenvalue weighted by Crippen LogP contribution is -2.33. The van der Waals surface area contributed by atoms with Crippen LogP contribution in [0.2, 0.25) is 0 Å². The average molecular weight is 188 g/mol. The maximum Gasteiger partial charge on any atom is 0.0443 e. The van der Waals surface area contributed by atoms with E-state index in [1.807, 2.05) is 0 Å². The Morgan fingerprint density at radius 1 is 1.00 bits per heavy atom. The second-order valence-corrected chi connectivity index (χ2v) is 3.72. The lowest BCUT2D eigenvalue weighted by molar-refractivity contribution is 0.209. The molecule has 0 aliphatic heterocycles. The zero-order valence-electron chi connectivity index (χ0n) is 9.29. The fourth-order valence-corrected chi connectivity index (χ4v) is 1.29. The van der Waals surface area contributed by atoms with Gasteiger partial charge in [-0.2, -0.15) is 0 Å². The van der Waals surface area contributed by atoms with Crippen molar-refractivity contribution in [1.29, 1.82) is 0 Å². The van der Waals surface area contributed by atoms with Gasteiger partial charge in [-0.15, -0.1) is 0 Å². The molecule has 3 heteroatoms. The highest BCUT2D eigenvalue weighted by atomic mass is 16.3. The molecule has 0 aromatic heterocycles. The first-order valence-electron chi connectivity index (χ1n) is 5.18. The van der Waals surface area contributed by atoms with Crippen LogP contribution in [0.15, 0.2) is 0 Å². The van der Waals surface area contributed by atoms with Gasteiger partial charge in [-0.3, -0.25) is 0 Å². The zero-order valence-corrected chi connectivity index (χ0v) is 9.29. The molecule has 0 bridgehead atoms. The lowest BCUT2D eigenvalue weighted by Gasteiger charge is -2.23. The van der Waals surface area contributed by atoms with Crippen molar-refractivity contribution >= 4 is 0 Å². The van der Waals surface area contributed by atoms with Crippen molar-refractivity contribution in [3.8, 4) is 0 Å². The van der Waals surface area contributed by atoms with Crippen molar-refractivity contribution in [2.24, 2.45) is 0 Å². The standard InChI is InChI=1S/C10H24N2O/c1-4-6-12(7-5-10-13)9-8-11(2)3/h13H,4-10H2,1-3H3. The summed E-state index contributed by atoms with van der Waals surface area (Å²) in [5.74, 6) is 0. The third-order valence-corrected chi connectivity index (χ3v) is 2.04. The summed E-state index contributed by atoms with van der Waals surface area (Å²) >= 11 is 0. The van der Waals surface area contributed by atoms with E-state index in [2.05, 4.69) is 30.8 Å². The number of aliphatic hydroxyl groups excluding tert-OH is 1. The van der Waals surface area contributed by atoms with Crippen molar-refractivity contribution in [2.75, 3.05) is 46.9 Å². The van der Waals surface area contributed by atoms with Gasteiger partial charge in [-0.25, -0.2) is 0 Å². The molecule has 0 rings (SSSR count). The van der Waals surface area contributed by atoms with Gasteiger partial charge in [0.05, 0.1) is 0 Å². The first kappa shape index (κ1) is 12.9. The van der Waals surface area contributed by atoms with Crippen LogP contribution in [-0.2, 0) is 0 Å². The first-order valence-corrected chi connectivity index (χ1v) is 5.18. The van der Waals surface area contributed by atoms with Gasteiger partial charge in [-0.05, 0) is 33.5 Å². The van der Waals surface area contributed by atoms with E-state index in [-0.39, 0.29) is 0 Å². The molecule has 13 heavy (non-hydrogen) atoms. The third kappa shape index (κ3) is 8.22. The summed E-state index contributed by atoms with van der Waals surface area (Å²) in [6.07, 6.45) is 2.09. The highest BCUT2D eigenvalue weighted by Gasteiger charge is 2.02. The molecule has 80 valence electrons. The van der Waals surface area contributed by atoms with Crippen LogP contribution >= 0.6 is 0 Å². The molecule has 1 N–H and O–H groups in total. The van der Waals surface area contributed by atoms with Gasteiger partial charge in [0.2, 0.25) is 0 Å². The largest absolute Gasteiger partial charge is 0.396 e. The molecule has 0 fully saturated rings. The first-order chi connectivity index (χ1) is 6.20. The van der Waals surface area contributed by atoms with Crippen LogP contribution in [0, 0.1) is 0 Å². The van der Waals surface area contributed by atoms with Gasteiger partial charge >= 0.3 is 0 Å². The fourth-order valence-electron chi connectivity index (χ4n) is 1.29. The molecule has 0 amide bonds. The molecule has 3 nitrogen and oxygen atoms in total. The van der Waals surface area contributed by atoms with Gasteiger partial charge in [0.1, 0.15) is 0 Å². The van der Waals surface area contributed by atoms with E-state index in [0.29, 0.717) is 6.61 Å². The summed E-state index contributed by atoms with van der Waals surface area (Å²) < 4.78 is 0. The maximum absolute atomic E-state index is 8.72. The van der Waals surface area contributed by atoms with Crippen molar-refractivity contribution in [1.82, 2.24) is 9.80 Å². The molecule has 0 atom stereocenters. The molecule has 0 aromatic rings. The predicted octanol–water partition coefficient (Wildman–Crippen LogP) is 0.642. The molecule has 0 aliphatic carbocycles. The second kappa shape index (κ2) is 8.48. The molecule has 0 aliphatic rings. The van der Waals surface area contributed by atoms with Crippen molar-refractivity contribution in [3.63, 3.8) is 0 Å². The van der Waals surface area contributed by atoms with Crippen LogP contribution in [0.25, 0.3) is 0 Å². The van der Waals surface area contributed by atoms with E-state index in [4.69, 9.17) is 5.11 Å². The van der Waals surface area contributed by atoms with E-state index in [1.165, 1.54) is 6.42 Å². The van der Waals surface area contributed by atoms with Crippen molar-refractivity contribution in [3.05, 3.63) is 0 Å². The summed E-state index contributed by atoms with van der Waals surface area (Å²) in [5, 5.41) is 8.72. The molecule has 0 heterocycles. The van der Waals surface area contributed by atoms with E-state index in [0.717, 1.165) is 32.6 Å². The smallest absolute Gasteiger partial charge is 0.0443 e. The Balaban J connectivity index is 3.53. The summed E-state index contributed by atoms with van der Waals surface area (Å²) in [4.78, 5) is 4.61. The van der Waals surface area contributed by atoms with E-state index in [9.17, 15) is 0 Å². The monoisotopic (exact) mass is 188 g/mol. The van der Waals surface area contributed by atoms with Gasteiger partial charge < -0.3 is 14.9 Å². The molecule has 0 unspecified atom stereocenters. The van der Waals surface area contributed by atoms with Gasteiger partial charge in [0, 0.05) is 26.2 Å². The quantitative estimate of drug-likeness (QED) is 0.605. The SMILES string of the molecule is CCCN(CCCO)CCN(C)C. The summed E-state index contributed by atoms with van der Waals surface area (Å²) in [5.41, 5.74) is 0. The highest BCUT2D eigenvalue weighted by molar-refractivity contribution is 4.58.